The molecule has 0 rings (SSSR count). The largest absolute Gasteiger partial charge is 0.347 e. The summed E-state index contributed by atoms with van der Waals surface area (Å²) < 4.78 is 0. The number of halogens is 1. The lowest BCUT2D eigenvalue weighted by Gasteiger charge is -2.21. The van der Waals surface area contributed by atoms with E-state index in [1.165, 1.54) is 0 Å². The Kier molecular flexibility index (Phi) is 9.92. The van der Waals surface area contributed by atoms with Crippen molar-refractivity contribution in [2.24, 2.45) is 0 Å². The molecular weight excluding hydrogens is 240 g/mol. The van der Waals surface area contributed by atoms with Gasteiger partial charge in [-0.2, -0.15) is 0 Å². The molecule has 100 valence electrons. The predicted octanol–water partition coefficient (Wildman–Crippen LogP) is 1.77. The maximum absolute atomic E-state index is 11.8. The first-order valence-electron chi connectivity index (χ1n) is 6.30. The molecule has 0 aliphatic rings. The summed E-state index contributed by atoms with van der Waals surface area (Å²) in [6.45, 7) is 5.78. The van der Waals surface area contributed by atoms with Crippen molar-refractivity contribution < 1.29 is 9.59 Å². The fourth-order valence-electron chi connectivity index (χ4n) is 1.39. The maximum atomic E-state index is 11.8. The quantitative estimate of drug-likeness (QED) is 0.535. The molecule has 0 spiro atoms. The number of carbonyl (C=O) groups is 2. The normalized spacial score (nSPS) is 10.1. The van der Waals surface area contributed by atoms with E-state index >= 15 is 0 Å². The fourth-order valence-corrected chi connectivity index (χ4v) is 1.49. The van der Waals surface area contributed by atoms with Crippen LogP contribution in [0.1, 0.15) is 39.5 Å². The fraction of sp³-hybridized carbons (Fsp3) is 0.833. The van der Waals surface area contributed by atoms with E-state index in [0.717, 1.165) is 25.7 Å². The molecule has 0 aromatic rings. The lowest BCUT2D eigenvalue weighted by Crippen LogP contribution is -2.44. The molecule has 0 aromatic carbocycles. The first-order chi connectivity index (χ1) is 8.17. The van der Waals surface area contributed by atoms with Crippen molar-refractivity contribution in [1.82, 2.24) is 10.2 Å². The summed E-state index contributed by atoms with van der Waals surface area (Å²) in [5, 5.41) is 2.50. The van der Waals surface area contributed by atoms with Crippen LogP contribution in [0.2, 0.25) is 0 Å². The lowest BCUT2D eigenvalue weighted by molar-refractivity contribution is -0.145. The van der Waals surface area contributed by atoms with Gasteiger partial charge in [-0.05, 0) is 12.8 Å². The van der Waals surface area contributed by atoms with Gasteiger partial charge >= 0.3 is 11.8 Å². The molecule has 5 heteroatoms. The van der Waals surface area contributed by atoms with Crippen molar-refractivity contribution in [3.05, 3.63) is 0 Å². The van der Waals surface area contributed by atoms with Crippen molar-refractivity contribution in [2.45, 2.75) is 39.5 Å². The van der Waals surface area contributed by atoms with Gasteiger partial charge in [-0.25, -0.2) is 0 Å². The molecule has 17 heavy (non-hydrogen) atoms. The van der Waals surface area contributed by atoms with Crippen molar-refractivity contribution in [1.29, 1.82) is 0 Å². The third-order valence-electron chi connectivity index (χ3n) is 2.42. The molecule has 0 saturated heterocycles. The summed E-state index contributed by atoms with van der Waals surface area (Å²) >= 11 is 5.46. The van der Waals surface area contributed by atoms with Crippen LogP contribution >= 0.6 is 11.6 Å². The third-order valence-corrected chi connectivity index (χ3v) is 2.61. The number of hydrogen-bond acceptors (Lipinski definition) is 2. The SMILES string of the molecule is CCCCN(CCCC)C(=O)C(=O)NCCCl. The van der Waals surface area contributed by atoms with Gasteiger partial charge < -0.3 is 10.2 Å². The molecule has 0 aromatic heterocycles. The Labute approximate surface area is 109 Å². The van der Waals surface area contributed by atoms with E-state index in [9.17, 15) is 9.59 Å². The third kappa shape index (κ3) is 7.21. The standard InChI is InChI=1S/C12H23ClN2O2/c1-3-5-9-15(10-6-4-2)12(17)11(16)14-8-7-13/h3-10H2,1-2H3,(H,14,16). The van der Waals surface area contributed by atoms with Crippen LogP contribution in [-0.2, 0) is 9.59 Å². The number of carbonyl (C=O) groups excluding carboxylic acids is 2. The molecule has 0 radical (unpaired) electrons. The van der Waals surface area contributed by atoms with Crippen LogP contribution in [0.15, 0.2) is 0 Å². The zero-order valence-electron chi connectivity index (χ0n) is 10.8. The highest BCUT2D eigenvalue weighted by Crippen LogP contribution is 2.00. The second kappa shape index (κ2) is 10.4. The van der Waals surface area contributed by atoms with Gasteiger partial charge in [0.15, 0.2) is 0 Å². The molecule has 0 heterocycles. The molecule has 0 atom stereocenters. The van der Waals surface area contributed by atoms with E-state index in [0.29, 0.717) is 25.5 Å². The molecule has 1 N–H and O–H groups in total. The van der Waals surface area contributed by atoms with Crippen LogP contribution in [0.4, 0.5) is 0 Å². The predicted molar refractivity (Wildman–Crippen MR) is 70.1 cm³/mol. The highest BCUT2D eigenvalue weighted by Gasteiger charge is 2.20. The number of alkyl halides is 1. The highest BCUT2D eigenvalue weighted by molar-refractivity contribution is 6.35. The van der Waals surface area contributed by atoms with Gasteiger partial charge in [0.05, 0.1) is 0 Å². The van der Waals surface area contributed by atoms with E-state index < -0.39 is 11.8 Å². The minimum atomic E-state index is -0.544. The van der Waals surface area contributed by atoms with Crippen LogP contribution in [0.3, 0.4) is 0 Å². The second-order valence-electron chi connectivity index (χ2n) is 3.94. The zero-order chi connectivity index (χ0) is 13.1. The zero-order valence-corrected chi connectivity index (χ0v) is 11.6. The molecule has 0 bridgehead atoms. The monoisotopic (exact) mass is 262 g/mol. The Hall–Kier alpha value is -0.770. The van der Waals surface area contributed by atoms with Crippen LogP contribution in [0.5, 0.6) is 0 Å². The lowest BCUT2D eigenvalue weighted by atomic mass is 10.2. The Bertz CT molecular complexity index is 227. The number of rotatable bonds is 8. The Morgan fingerprint density at radius 3 is 2.06 bits per heavy atom. The van der Waals surface area contributed by atoms with E-state index in [4.69, 9.17) is 11.6 Å². The van der Waals surface area contributed by atoms with Gasteiger partial charge in [0, 0.05) is 25.5 Å². The summed E-state index contributed by atoms with van der Waals surface area (Å²) in [5.74, 6) is -0.655. The number of unbranched alkanes of at least 4 members (excludes halogenated alkanes) is 2. The maximum Gasteiger partial charge on any atom is 0.311 e. The minimum absolute atomic E-state index is 0.322. The van der Waals surface area contributed by atoms with Crippen LogP contribution < -0.4 is 5.32 Å². The summed E-state index contributed by atoms with van der Waals surface area (Å²) in [7, 11) is 0. The van der Waals surface area contributed by atoms with Gasteiger partial charge in [-0.3, -0.25) is 9.59 Å². The van der Waals surface area contributed by atoms with Gasteiger partial charge in [-0.1, -0.05) is 26.7 Å². The Balaban J connectivity index is 4.23. The van der Waals surface area contributed by atoms with Crippen molar-refractivity contribution >= 4 is 23.4 Å². The van der Waals surface area contributed by atoms with E-state index in [-0.39, 0.29) is 0 Å². The van der Waals surface area contributed by atoms with Crippen molar-refractivity contribution in [2.75, 3.05) is 25.5 Å². The molecule has 0 unspecified atom stereocenters. The number of hydrogen-bond donors (Lipinski definition) is 1. The Morgan fingerprint density at radius 2 is 1.65 bits per heavy atom. The van der Waals surface area contributed by atoms with Gasteiger partial charge in [0.1, 0.15) is 0 Å². The van der Waals surface area contributed by atoms with Crippen molar-refractivity contribution in [3.63, 3.8) is 0 Å². The average molecular weight is 263 g/mol. The minimum Gasteiger partial charge on any atom is -0.347 e. The van der Waals surface area contributed by atoms with Crippen LogP contribution in [0, 0.1) is 0 Å². The first kappa shape index (κ1) is 16.2. The summed E-state index contributed by atoms with van der Waals surface area (Å²) in [5.41, 5.74) is 0. The summed E-state index contributed by atoms with van der Waals surface area (Å²) in [6, 6.07) is 0. The molecule has 0 fully saturated rings. The van der Waals surface area contributed by atoms with Crippen LogP contribution in [-0.4, -0.2) is 42.2 Å². The average Bonchev–Trinajstić information content (AvgIpc) is 2.35. The van der Waals surface area contributed by atoms with Gasteiger partial charge in [0.2, 0.25) is 0 Å². The van der Waals surface area contributed by atoms with E-state index in [1.807, 2.05) is 0 Å². The number of nitrogens with one attached hydrogen (secondary N) is 1. The number of amides is 2. The second-order valence-corrected chi connectivity index (χ2v) is 4.32. The topological polar surface area (TPSA) is 49.4 Å². The molecule has 0 aliphatic heterocycles. The highest BCUT2D eigenvalue weighted by atomic mass is 35.5. The van der Waals surface area contributed by atoms with Crippen molar-refractivity contribution in [3.8, 4) is 0 Å². The van der Waals surface area contributed by atoms with Gasteiger partial charge in [0.25, 0.3) is 0 Å². The molecule has 0 aliphatic carbocycles. The number of nitrogens with zero attached hydrogens (tertiary/aromatic N) is 1. The first-order valence-corrected chi connectivity index (χ1v) is 6.83. The smallest absolute Gasteiger partial charge is 0.311 e. The molecule has 2 amide bonds. The van der Waals surface area contributed by atoms with Crippen LogP contribution in [0.25, 0.3) is 0 Å². The van der Waals surface area contributed by atoms with E-state index in [2.05, 4.69) is 19.2 Å². The Morgan fingerprint density at radius 1 is 1.12 bits per heavy atom. The molecule has 4 nitrogen and oxygen atoms in total. The molecule has 0 saturated carbocycles. The summed E-state index contributed by atoms with van der Waals surface area (Å²) in [6.07, 6.45) is 3.88. The summed E-state index contributed by atoms with van der Waals surface area (Å²) in [4.78, 5) is 25.0. The molecular formula is C12H23ClN2O2. The van der Waals surface area contributed by atoms with Gasteiger partial charge in [-0.15, -0.1) is 11.6 Å². The van der Waals surface area contributed by atoms with E-state index in [1.54, 1.807) is 4.90 Å².